The summed E-state index contributed by atoms with van der Waals surface area (Å²) >= 11 is 0. The van der Waals surface area contributed by atoms with E-state index in [-0.39, 0.29) is 23.1 Å². The highest BCUT2D eigenvalue weighted by Crippen LogP contribution is 2.17. The Kier molecular flexibility index (Phi) is 5.03. The molecule has 3 rings (SSSR count). The number of hydrogen-bond acceptors (Lipinski definition) is 5. The van der Waals surface area contributed by atoms with Crippen LogP contribution in [0.1, 0.15) is 22.5 Å². The van der Waals surface area contributed by atoms with E-state index in [2.05, 4.69) is 4.98 Å². The van der Waals surface area contributed by atoms with Gasteiger partial charge >= 0.3 is 0 Å². The zero-order valence-corrected chi connectivity index (χ0v) is 15.1. The number of carbonyl (C=O) groups excluding carboxylic acids is 2. The third-order valence-corrected chi connectivity index (χ3v) is 5.27. The molecule has 1 aliphatic rings. The second-order valence-corrected chi connectivity index (χ2v) is 8.12. The number of benzene rings is 1. The van der Waals surface area contributed by atoms with E-state index in [1.165, 1.54) is 22.2 Å². The highest BCUT2D eigenvalue weighted by Gasteiger charge is 2.31. The van der Waals surface area contributed by atoms with Gasteiger partial charge in [0.25, 0.3) is 5.91 Å². The van der Waals surface area contributed by atoms with Crippen LogP contribution >= 0.6 is 0 Å². The molecule has 0 unspecified atom stereocenters. The SMILES string of the molecule is CS(=O)(=O)c1ccc(CC(=O)N2CCCN2C(=O)c2ccccn2)cc1. The fourth-order valence-corrected chi connectivity index (χ4v) is 3.45. The molecule has 2 heterocycles. The molecule has 1 saturated heterocycles. The fraction of sp³-hybridized carbons (Fsp3) is 0.278. The lowest BCUT2D eigenvalue weighted by atomic mass is 10.1. The highest BCUT2D eigenvalue weighted by molar-refractivity contribution is 7.90. The molecule has 0 radical (unpaired) electrons. The molecule has 136 valence electrons. The van der Waals surface area contributed by atoms with E-state index < -0.39 is 9.84 Å². The van der Waals surface area contributed by atoms with Crippen LogP contribution in [0, 0.1) is 0 Å². The van der Waals surface area contributed by atoms with Gasteiger partial charge in [0.15, 0.2) is 9.84 Å². The van der Waals surface area contributed by atoms with E-state index in [1.54, 1.807) is 36.5 Å². The van der Waals surface area contributed by atoms with Gasteiger partial charge in [0.1, 0.15) is 5.69 Å². The first-order chi connectivity index (χ1) is 12.4. The van der Waals surface area contributed by atoms with Crippen molar-refractivity contribution in [3.05, 3.63) is 59.9 Å². The van der Waals surface area contributed by atoms with Crippen molar-refractivity contribution in [3.8, 4) is 0 Å². The average Bonchev–Trinajstić information content (AvgIpc) is 3.11. The van der Waals surface area contributed by atoms with E-state index in [9.17, 15) is 18.0 Å². The van der Waals surface area contributed by atoms with Crippen molar-refractivity contribution in [2.24, 2.45) is 0 Å². The van der Waals surface area contributed by atoms with Gasteiger partial charge in [0.2, 0.25) is 5.91 Å². The predicted octanol–water partition coefficient (Wildman–Crippen LogP) is 1.32. The average molecular weight is 373 g/mol. The molecule has 8 heteroatoms. The normalized spacial score (nSPS) is 14.5. The van der Waals surface area contributed by atoms with Gasteiger partial charge in [-0.15, -0.1) is 0 Å². The van der Waals surface area contributed by atoms with Gasteiger partial charge in [-0.1, -0.05) is 18.2 Å². The molecule has 0 aliphatic carbocycles. The lowest BCUT2D eigenvalue weighted by Crippen LogP contribution is -2.45. The van der Waals surface area contributed by atoms with Crippen LogP contribution in [0.15, 0.2) is 53.6 Å². The largest absolute Gasteiger partial charge is 0.291 e. The molecule has 0 N–H and O–H groups in total. The van der Waals surface area contributed by atoms with Gasteiger partial charge in [-0.05, 0) is 36.2 Å². The Hall–Kier alpha value is -2.74. The second-order valence-electron chi connectivity index (χ2n) is 6.11. The topological polar surface area (TPSA) is 87.7 Å². The van der Waals surface area contributed by atoms with Gasteiger partial charge in [-0.3, -0.25) is 19.6 Å². The molecule has 1 aromatic heterocycles. The summed E-state index contributed by atoms with van der Waals surface area (Å²) in [4.78, 5) is 29.5. The molecule has 2 amide bonds. The molecule has 26 heavy (non-hydrogen) atoms. The second kappa shape index (κ2) is 7.25. The van der Waals surface area contributed by atoms with E-state index in [1.807, 2.05) is 0 Å². The molecule has 7 nitrogen and oxygen atoms in total. The van der Waals surface area contributed by atoms with Crippen LogP contribution in [0.3, 0.4) is 0 Å². The van der Waals surface area contributed by atoms with Crippen LogP contribution < -0.4 is 0 Å². The van der Waals surface area contributed by atoms with Crippen molar-refractivity contribution in [1.82, 2.24) is 15.0 Å². The molecule has 0 bridgehead atoms. The lowest BCUT2D eigenvalue weighted by Gasteiger charge is -2.27. The third kappa shape index (κ3) is 3.91. The molecule has 1 fully saturated rings. The molecular weight excluding hydrogens is 354 g/mol. The first-order valence-electron chi connectivity index (χ1n) is 8.18. The van der Waals surface area contributed by atoms with Gasteiger partial charge in [-0.2, -0.15) is 0 Å². The first-order valence-corrected chi connectivity index (χ1v) is 10.1. The Morgan fingerprint density at radius 1 is 1.04 bits per heavy atom. The maximum atomic E-state index is 12.6. The van der Waals surface area contributed by atoms with Crippen LogP contribution in [0.5, 0.6) is 0 Å². The fourth-order valence-electron chi connectivity index (χ4n) is 2.82. The number of amides is 2. The Bertz CT molecular complexity index is 911. The smallest absolute Gasteiger partial charge is 0.273 e. The Morgan fingerprint density at radius 3 is 2.35 bits per heavy atom. The van der Waals surface area contributed by atoms with Crippen molar-refractivity contribution in [2.45, 2.75) is 17.7 Å². The van der Waals surface area contributed by atoms with E-state index >= 15 is 0 Å². The summed E-state index contributed by atoms with van der Waals surface area (Å²) in [5.41, 5.74) is 0.990. The molecule has 0 spiro atoms. The number of rotatable bonds is 4. The summed E-state index contributed by atoms with van der Waals surface area (Å²) in [5, 5.41) is 2.87. The zero-order chi connectivity index (χ0) is 18.7. The number of sulfone groups is 1. The summed E-state index contributed by atoms with van der Waals surface area (Å²) < 4.78 is 23.0. The van der Waals surface area contributed by atoms with Crippen molar-refractivity contribution in [2.75, 3.05) is 19.3 Å². The molecule has 1 aromatic carbocycles. The molecular formula is C18H19N3O4S. The van der Waals surface area contributed by atoms with Crippen LogP contribution in [0.4, 0.5) is 0 Å². The van der Waals surface area contributed by atoms with Gasteiger partial charge in [-0.25, -0.2) is 13.4 Å². The summed E-state index contributed by atoms with van der Waals surface area (Å²) in [6.07, 6.45) is 3.48. The van der Waals surface area contributed by atoms with Crippen LogP contribution in [-0.4, -0.2) is 54.6 Å². The van der Waals surface area contributed by atoms with Crippen molar-refractivity contribution in [3.63, 3.8) is 0 Å². The third-order valence-electron chi connectivity index (χ3n) is 4.14. The lowest BCUT2D eigenvalue weighted by molar-refractivity contribution is -0.139. The standard InChI is InChI=1S/C18H19N3O4S/c1-26(24,25)15-8-6-14(7-9-15)13-17(22)20-11-4-12-21(20)18(23)16-5-2-3-10-19-16/h2-3,5-10H,4,11-13H2,1H3. The molecule has 0 atom stereocenters. The number of aromatic nitrogens is 1. The number of hydrazine groups is 1. The zero-order valence-electron chi connectivity index (χ0n) is 14.3. The van der Waals surface area contributed by atoms with E-state index in [0.29, 0.717) is 30.8 Å². The Labute approximate surface area is 152 Å². The van der Waals surface area contributed by atoms with Crippen molar-refractivity contribution < 1.29 is 18.0 Å². The number of nitrogens with zero attached hydrogens (tertiary/aromatic N) is 3. The minimum atomic E-state index is -3.27. The van der Waals surface area contributed by atoms with Crippen LogP contribution in [0.2, 0.25) is 0 Å². The van der Waals surface area contributed by atoms with Gasteiger partial charge < -0.3 is 0 Å². The van der Waals surface area contributed by atoms with E-state index in [4.69, 9.17) is 0 Å². The quantitative estimate of drug-likeness (QED) is 0.807. The van der Waals surface area contributed by atoms with Gasteiger partial charge in [0.05, 0.1) is 11.3 Å². The maximum Gasteiger partial charge on any atom is 0.291 e. The van der Waals surface area contributed by atoms with Crippen molar-refractivity contribution in [1.29, 1.82) is 0 Å². The van der Waals surface area contributed by atoms with Gasteiger partial charge in [0, 0.05) is 25.5 Å². The van der Waals surface area contributed by atoms with Crippen molar-refractivity contribution >= 4 is 21.7 Å². The monoisotopic (exact) mass is 373 g/mol. The number of carbonyl (C=O) groups is 2. The van der Waals surface area contributed by atoms with Crippen LogP contribution in [0.25, 0.3) is 0 Å². The highest BCUT2D eigenvalue weighted by atomic mass is 32.2. The summed E-state index contributed by atoms with van der Waals surface area (Å²) in [6.45, 7) is 0.937. The first kappa shape index (κ1) is 18.1. The predicted molar refractivity (Wildman–Crippen MR) is 94.9 cm³/mol. The number of hydrogen-bond donors (Lipinski definition) is 0. The molecule has 2 aromatic rings. The molecule has 1 aliphatic heterocycles. The molecule has 0 saturated carbocycles. The van der Waals surface area contributed by atoms with Crippen LogP contribution in [-0.2, 0) is 21.1 Å². The summed E-state index contributed by atoms with van der Waals surface area (Å²) in [6, 6.07) is 11.3. The number of pyridine rings is 1. The Balaban J connectivity index is 1.71. The minimum Gasteiger partial charge on any atom is -0.273 e. The van der Waals surface area contributed by atoms with E-state index in [0.717, 1.165) is 6.26 Å². The summed E-state index contributed by atoms with van der Waals surface area (Å²) in [5.74, 6) is -0.511. The Morgan fingerprint density at radius 2 is 1.73 bits per heavy atom. The minimum absolute atomic E-state index is 0.0933. The maximum absolute atomic E-state index is 12.6. The summed E-state index contributed by atoms with van der Waals surface area (Å²) in [7, 11) is -3.27.